The summed E-state index contributed by atoms with van der Waals surface area (Å²) in [6.45, 7) is 10.7. The highest BCUT2D eigenvalue weighted by Gasteiger charge is 2.42. The Labute approximate surface area is 242 Å². The van der Waals surface area contributed by atoms with Crippen molar-refractivity contribution in [1.82, 2.24) is 5.06 Å². The molecule has 0 N–H and O–H groups in total. The predicted molar refractivity (Wildman–Crippen MR) is 165 cm³/mol. The van der Waals surface area contributed by atoms with Crippen molar-refractivity contribution in [2.75, 3.05) is 33.1 Å². The number of hydrogen-bond acceptors (Lipinski definition) is 5. The molecule has 1 saturated heterocycles. The Morgan fingerprint density at radius 1 is 1.05 bits per heavy atom. The van der Waals surface area contributed by atoms with E-state index in [9.17, 15) is 14.4 Å². The van der Waals surface area contributed by atoms with Gasteiger partial charge in [0.05, 0.1) is 5.56 Å². The molecular weight excluding hydrogens is 530 g/mol. The van der Waals surface area contributed by atoms with E-state index >= 15 is 0 Å². The number of amides is 2. The molecule has 210 valence electrons. The van der Waals surface area contributed by atoms with Gasteiger partial charge in [0.25, 0.3) is 11.8 Å². The number of rotatable bonds is 5. The zero-order valence-corrected chi connectivity index (χ0v) is 25.8. The Kier molecular flexibility index (Phi) is 7.07. The van der Waals surface area contributed by atoms with Crippen LogP contribution in [0, 0.1) is 13.8 Å². The van der Waals surface area contributed by atoms with Gasteiger partial charge in [-0.2, -0.15) is 0 Å². The second-order valence-corrected chi connectivity index (χ2v) is 15.4. The smallest absolute Gasteiger partial charge is 0.363 e. The van der Waals surface area contributed by atoms with Crippen LogP contribution in [0.4, 0.5) is 5.69 Å². The maximum absolute atomic E-state index is 13.0. The Balaban J connectivity index is 1.72. The Hall–Kier alpha value is -4.30. The summed E-state index contributed by atoms with van der Waals surface area (Å²) in [4.78, 5) is 44.4. The van der Waals surface area contributed by atoms with Crippen LogP contribution < -0.4 is 10.1 Å². The summed E-state index contributed by atoms with van der Waals surface area (Å²) in [5, 5.41) is 3.19. The second-order valence-electron chi connectivity index (χ2n) is 11.5. The first-order chi connectivity index (χ1) is 19.4. The average Bonchev–Trinajstić information content (AvgIpc) is 3.25. The molecular formula is C33H36N3O4Si+. The molecule has 1 atom stereocenters. The molecule has 2 aromatic carbocycles. The molecule has 41 heavy (non-hydrogen) atoms. The van der Waals surface area contributed by atoms with E-state index in [-0.39, 0.29) is 12.8 Å². The molecule has 0 radical (unpaired) electrons. The normalized spacial score (nSPS) is 19.6. The Morgan fingerprint density at radius 3 is 2.24 bits per heavy atom. The first-order valence-electron chi connectivity index (χ1n) is 13.7. The van der Waals surface area contributed by atoms with Gasteiger partial charge in [0, 0.05) is 44.8 Å². The van der Waals surface area contributed by atoms with Crippen LogP contribution in [0.3, 0.4) is 0 Å². The van der Waals surface area contributed by atoms with Gasteiger partial charge in [-0.1, -0.05) is 18.3 Å². The maximum atomic E-state index is 13.0. The summed E-state index contributed by atoms with van der Waals surface area (Å²) in [5.41, 5.74) is 11.0. The lowest BCUT2D eigenvalue weighted by molar-refractivity contribution is -0.462. The lowest BCUT2D eigenvalue weighted by Crippen LogP contribution is -2.51. The van der Waals surface area contributed by atoms with E-state index in [1.165, 1.54) is 21.5 Å². The maximum Gasteiger partial charge on any atom is 0.363 e. The highest BCUT2D eigenvalue weighted by atomic mass is 28.3. The number of benzene rings is 2. The molecule has 2 aromatic rings. The van der Waals surface area contributed by atoms with Gasteiger partial charge in [0.2, 0.25) is 0 Å². The van der Waals surface area contributed by atoms with E-state index in [1.807, 2.05) is 13.8 Å². The molecule has 0 aromatic heterocycles. The molecule has 0 bridgehead atoms. The van der Waals surface area contributed by atoms with Crippen LogP contribution in [0.25, 0.3) is 5.57 Å². The number of hydroxylamine groups is 2. The lowest BCUT2D eigenvalue weighted by atomic mass is 9.84. The van der Waals surface area contributed by atoms with Gasteiger partial charge in [0.15, 0.2) is 5.71 Å². The molecule has 2 heterocycles. The third-order valence-electron chi connectivity index (χ3n) is 8.30. The zero-order chi connectivity index (χ0) is 29.8. The molecule has 5 rings (SSSR count). The van der Waals surface area contributed by atoms with Crippen LogP contribution in [0.5, 0.6) is 0 Å². The largest absolute Gasteiger partial charge is 0.378 e. The van der Waals surface area contributed by atoms with Crippen molar-refractivity contribution in [2.45, 2.75) is 33.2 Å². The van der Waals surface area contributed by atoms with Crippen molar-refractivity contribution in [3.05, 3.63) is 99.4 Å². The number of anilines is 1. The summed E-state index contributed by atoms with van der Waals surface area (Å²) in [5.74, 6) is -1.72. The summed E-state index contributed by atoms with van der Waals surface area (Å²) in [7, 11) is 5.87. The third-order valence-corrected chi connectivity index (χ3v) is 12.2. The number of fused-ring (bicyclic) bond motifs is 2. The molecule has 1 unspecified atom stereocenters. The van der Waals surface area contributed by atoms with E-state index in [0.29, 0.717) is 10.6 Å². The topological polar surface area (TPSA) is 69.9 Å². The van der Waals surface area contributed by atoms with E-state index < -0.39 is 25.9 Å². The molecule has 2 aliphatic heterocycles. The van der Waals surface area contributed by atoms with Gasteiger partial charge in [-0.3, -0.25) is 9.59 Å². The highest BCUT2D eigenvalue weighted by molar-refractivity contribution is 7.02. The highest BCUT2D eigenvalue weighted by Crippen LogP contribution is 2.44. The number of imide groups is 1. The summed E-state index contributed by atoms with van der Waals surface area (Å²) in [6.07, 6.45) is 6.77. The monoisotopic (exact) mass is 566 g/mol. The van der Waals surface area contributed by atoms with Crippen molar-refractivity contribution >= 4 is 48.0 Å². The van der Waals surface area contributed by atoms with Gasteiger partial charge in [0.1, 0.15) is 22.2 Å². The SMILES string of the molecule is C=C[Si]1(C)C2=CC(=[N+](C)C)C=CC2=C(c2c(C)cc(C(=O)ON3C(=O)CCC3=O)cc2C)c2ccc(N(C)C)cc21. The standard InChI is InChI=1S/C33H36N3O4Si/c1-9-41(8)27-18-23(34(4)5)10-12-25(27)32(26-13-11-24(35(6)7)19-28(26)41)31-20(2)16-22(17-21(31)3)33(39)40-36-29(37)14-15-30(36)38/h9-13,16-19H,1,14-15H2,2-8H3/q+1. The van der Waals surface area contributed by atoms with E-state index in [1.54, 1.807) is 12.1 Å². The minimum Gasteiger partial charge on any atom is -0.378 e. The molecule has 1 aliphatic carbocycles. The molecule has 2 amide bonds. The molecule has 7 nitrogen and oxygen atoms in total. The summed E-state index contributed by atoms with van der Waals surface area (Å²) < 4.78 is 2.12. The third kappa shape index (κ3) is 4.62. The minimum absolute atomic E-state index is 0.0538. The predicted octanol–water partition coefficient (Wildman–Crippen LogP) is 4.17. The fourth-order valence-corrected chi connectivity index (χ4v) is 9.13. The number of carbonyl (C=O) groups is 3. The average molecular weight is 567 g/mol. The minimum atomic E-state index is -2.33. The molecule has 8 heteroatoms. The second kappa shape index (κ2) is 10.3. The van der Waals surface area contributed by atoms with Crippen molar-refractivity contribution in [3.63, 3.8) is 0 Å². The molecule has 0 saturated carbocycles. The quantitative estimate of drug-likeness (QED) is 0.309. The van der Waals surface area contributed by atoms with Crippen molar-refractivity contribution in [2.24, 2.45) is 0 Å². The van der Waals surface area contributed by atoms with Crippen LogP contribution in [-0.4, -0.2) is 69.4 Å². The van der Waals surface area contributed by atoms with Crippen molar-refractivity contribution in [1.29, 1.82) is 0 Å². The molecule has 1 fully saturated rings. The van der Waals surface area contributed by atoms with E-state index in [0.717, 1.165) is 33.7 Å². The summed E-state index contributed by atoms with van der Waals surface area (Å²) >= 11 is 0. The van der Waals surface area contributed by atoms with Gasteiger partial charge in [-0.15, -0.1) is 11.6 Å². The van der Waals surface area contributed by atoms with Crippen LogP contribution in [0.2, 0.25) is 6.55 Å². The van der Waals surface area contributed by atoms with Crippen LogP contribution in [0.15, 0.2) is 71.6 Å². The van der Waals surface area contributed by atoms with Gasteiger partial charge >= 0.3 is 5.97 Å². The van der Waals surface area contributed by atoms with Gasteiger partial charge in [-0.05, 0) is 88.0 Å². The van der Waals surface area contributed by atoms with E-state index in [2.05, 4.69) is 92.9 Å². The first-order valence-corrected chi connectivity index (χ1v) is 16.3. The number of aryl methyl sites for hydroxylation is 2. The van der Waals surface area contributed by atoms with E-state index in [4.69, 9.17) is 4.84 Å². The van der Waals surface area contributed by atoms with Crippen molar-refractivity contribution < 1.29 is 23.8 Å². The van der Waals surface area contributed by atoms with Gasteiger partial charge < -0.3 is 9.74 Å². The fourth-order valence-electron chi connectivity index (χ4n) is 5.96. The van der Waals surface area contributed by atoms with Crippen LogP contribution in [-0.2, 0) is 14.4 Å². The number of nitrogens with zero attached hydrogens (tertiary/aromatic N) is 3. The Morgan fingerprint density at radius 2 is 1.68 bits per heavy atom. The molecule has 3 aliphatic rings. The summed E-state index contributed by atoms with van der Waals surface area (Å²) in [6, 6.07) is 10.2. The first kappa shape index (κ1) is 28.2. The van der Waals surface area contributed by atoms with Crippen LogP contribution >= 0.6 is 0 Å². The Bertz CT molecular complexity index is 1630. The van der Waals surface area contributed by atoms with Gasteiger partial charge in [-0.25, -0.2) is 9.37 Å². The van der Waals surface area contributed by atoms with Crippen LogP contribution in [0.1, 0.15) is 45.5 Å². The lowest BCUT2D eigenvalue weighted by Gasteiger charge is -2.39. The number of hydrogen-bond donors (Lipinski definition) is 0. The fraction of sp³-hybridized carbons (Fsp3) is 0.273. The number of allylic oxidation sites excluding steroid dienone is 5. The molecule has 0 spiro atoms. The zero-order valence-electron chi connectivity index (χ0n) is 24.8. The van der Waals surface area contributed by atoms with Crippen molar-refractivity contribution in [3.8, 4) is 0 Å². The number of carbonyl (C=O) groups excluding carboxylic acids is 3.